The van der Waals surface area contributed by atoms with E-state index in [0.717, 1.165) is 6.07 Å². The summed E-state index contributed by atoms with van der Waals surface area (Å²) in [5.74, 6) is -1.48. The van der Waals surface area contributed by atoms with E-state index >= 15 is 0 Å². The second-order valence-electron chi connectivity index (χ2n) is 6.87. The molecule has 0 unspecified atom stereocenters. The lowest BCUT2D eigenvalue weighted by atomic mass is 10.1. The molecule has 0 fully saturated rings. The van der Waals surface area contributed by atoms with E-state index < -0.39 is 30.7 Å². The van der Waals surface area contributed by atoms with Crippen LogP contribution in [0.15, 0.2) is 61.2 Å². The van der Waals surface area contributed by atoms with Crippen molar-refractivity contribution in [3.63, 3.8) is 0 Å². The summed E-state index contributed by atoms with van der Waals surface area (Å²) < 4.78 is 65.1. The summed E-state index contributed by atoms with van der Waals surface area (Å²) in [7, 11) is 0. The highest BCUT2D eigenvalue weighted by Crippen LogP contribution is 2.37. The zero-order chi connectivity index (χ0) is 24.5. The van der Waals surface area contributed by atoms with Crippen LogP contribution >= 0.6 is 0 Å². The van der Waals surface area contributed by atoms with E-state index in [4.69, 9.17) is 4.74 Å². The zero-order valence-electron chi connectivity index (χ0n) is 18.0. The molecule has 0 saturated carbocycles. The van der Waals surface area contributed by atoms with Gasteiger partial charge in [0.05, 0.1) is 19.6 Å². The van der Waals surface area contributed by atoms with E-state index in [2.05, 4.69) is 19.4 Å². The summed E-state index contributed by atoms with van der Waals surface area (Å²) in [5.41, 5.74) is 2.28. The molecule has 3 aromatic rings. The maximum absolute atomic E-state index is 12.9. The molecule has 0 aliphatic carbocycles. The Balaban J connectivity index is 2.02. The first-order valence-electron chi connectivity index (χ1n) is 10.2. The van der Waals surface area contributed by atoms with Crippen molar-refractivity contribution in [2.75, 3.05) is 11.5 Å². The molecule has 0 aliphatic heterocycles. The van der Waals surface area contributed by atoms with Gasteiger partial charge in [0, 0.05) is 35.4 Å². The predicted molar refractivity (Wildman–Crippen MR) is 114 cm³/mol. The number of rotatable bonds is 11. The standard InChI is InChI=1S/C23H21F4N3O4/c1-2-32-21(31)9-15-4-3-5-17(8-15)30(13-16-11-28-14-29-12-16)18-6-7-19(33-22(24)25)20(10-18)34-23(26)27/h3-8,10-12,14,22-23H,2,9,13H2,1H3. The van der Waals surface area contributed by atoms with Crippen LogP contribution in [0.25, 0.3) is 0 Å². The third-order valence-electron chi connectivity index (χ3n) is 4.50. The van der Waals surface area contributed by atoms with E-state index in [1.165, 1.54) is 18.5 Å². The molecule has 34 heavy (non-hydrogen) atoms. The van der Waals surface area contributed by atoms with E-state index in [1.54, 1.807) is 48.5 Å². The molecule has 0 bridgehead atoms. The number of halogens is 4. The highest BCUT2D eigenvalue weighted by molar-refractivity contribution is 5.74. The van der Waals surface area contributed by atoms with Gasteiger partial charge in [-0.3, -0.25) is 4.79 Å². The number of hydrogen-bond acceptors (Lipinski definition) is 7. The molecule has 0 atom stereocenters. The molecule has 0 amide bonds. The van der Waals surface area contributed by atoms with Gasteiger partial charge >= 0.3 is 19.2 Å². The number of ether oxygens (including phenoxy) is 3. The minimum absolute atomic E-state index is 0.0326. The largest absolute Gasteiger partial charge is 0.466 e. The highest BCUT2D eigenvalue weighted by Gasteiger charge is 2.19. The van der Waals surface area contributed by atoms with Gasteiger partial charge in [-0.15, -0.1) is 0 Å². The number of hydrogen-bond donors (Lipinski definition) is 0. The van der Waals surface area contributed by atoms with Crippen LogP contribution in [0, 0.1) is 0 Å². The van der Waals surface area contributed by atoms with Crippen LogP contribution in [0.1, 0.15) is 18.1 Å². The van der Waals surface area contributed by atoms with Crippen molar-refractivity contribution in [3.05, 3.63) is 72.3 Å². The number of alkyl halides is 4. The molecule has 0 saturated heterocycles. The normalized spacial score (nSPS) is 10.9. The molecule has 1 heterocycles. The zero-order valence-corrected chi connectivity index (χ0v) is 18.0. The van der Waals surface area contributed by atoms with E-state index in [-0.39, 0.29) is 19.6 Å². The molecule has 180 valence electrons. The van der Waals surface area contributed by atoms with Gasteiger partial charge in [-0.05, 0) is 36.8 Å². The fourth-order valence-electron chi connectivity index (χ4n) is 3.18. The third kappa shape index (κ3) is 7.06. The maximum Gasteiger partial charge on any atom is 0.387 e. The molecular formula is C23H21F4N3O4. The lowest BCUT2D eigenvalue weighted by molar-refractivity contribution is -0.142. The number of carbonyl (C=O) groups excluding carboxylic acids is 1. The van der Waals surface area contributed by atoms with Gasteiger partial charge < -0.3 is 19.1 Å². The van der Waals surface area contributed by atoms with Gasteiger partial charge in [-0.25, -0.2) is 9.97 Å². The van der Waals surface area contributed by atoms with Crippen LogP contribution in [0.5, 0.6) is 11.5 Å². The van der Waals surface area contributed by atoms with E-state index in [1.807, 2.05) is 0 Å². The number of esters is 1. The first-order chi connectivity index (χ1) is 16.4. The van der Waals surface area contributed by atoms with Gasteiger partial charge in [0.1, 0.15) is 6.33 Å². The number of benzene rings is 2. The fourth-order valence-corrected chi connectivity index (χ4v) is 3.18. The lowest BCUT2D eigenvalue weighted by Crippen LogP contribution is -2.18. The molecule has 11 heteroatoms. The van der Waals surface area contributed by atoms with Crippen LogP contribution in [0.3, 0.4) is 0 Å². The smallest absolute Gasteiger partial charge is 0.387 e. The Bertz CT molecular complexity index is 1090. The summed E-state index contributed by atoms with van der Waals surface area (Å²) in [5, 5.41) is 0. The Morgan fingerprint density at radius 2 is 1.59 bits per heavy atom. The van der Waals surface area contributed by atoms with Crippen molar-refractivity contribution in [2.24, 2.45) is 0 Å². The Hall–Kier alpha value is -3.89. The second-order valence-corrected chi connectivity index (χ2v) is 6.87. The quantitative estimate of drug-likeness (QED) is 0.279. The molecule has 0 aliphatic rings. The van der Waals surface area contributed by atoms with Crippen molar-refractivity contribution in [3.8, 4) is 11.5 Å². The van der Waals surface area contributed by atoms with Crippen LogP contribution < -0.4 is 14.4 Å². The molecule has 1 aromatic heterocycles. The van der Waals surface area contributed by atoms with E-state index in [0.29, 0.717) is 22.5 Å². The summed E-state index contributed by atoms with van der Waals surface area (Å²) >= 11 is 0. The second kappa shape index (κ2) is 11.8. The average Bonchev–Trinajstić information content (AvgIpc) is 2.79. The van der Waals surface area contributed by atoms with Gasteiger partial charge in [0.25, 0.3) is 0 Å². The average molecular weight is 479 g/mol. The van der Waals surface area contributed by atoms with Gasteiger partial charge in [-0.2, -0.15) is 17.6 Å². The summed E-state index contributed by atoms with van der Waals surface area (Å²) in [6, 6.07) is 10.7. The number of aromatic nitrogens is 2. The van der Waals surface area contributed by atoms with Crippen molar-refractivity contribution < 1.29 is 36.6 Å². The number of carbonyl (C=O) groups is 1. The maximum atomic E-state index is 12.9. The van der Waals surface area contributed by atoms with E-state index in [9.17, 15) is 22.4 Å². The molecule has 0 radical (unpaired) electrons. The Kier molecular flexibility index (Phi) is 8.60. The van der Waals surface area contributed by atoms with Crippen molar-refractivity contribution in [1.29, 1.82) is 0 Å². The monoisotopic (exact) mass is 479 g/mol. The van der Waals surface area contributed by atoms with Crippen LogP contribution in [0.2, 0.25) is 0 Å². The molecular weight excluding hydrogens is 458 g/mol. The lowest BCUT2D eigenvalue weighted by Gasteiger charge is -2.26. The van der Waals surface area contributed by atoms with Crippen LogP contribution in [-0.2, 0) is 22.5 Å². The minimum atomic E-state index is -3.25. The van der Waals surface area contributed by atoms with Crippen LogP contribution in [-0.4, -0.2) is 35.8 Å². The Morgan fingerprint density at radius 1 is 0.912 bits per heavy atom. The Morgan fingerprint density at radius 3 is 2.26 bits per heavy atom. The summed E-state index contributed by atoms with van der Waals surface area (Å²) in [4.78, 5) is 21.6. The number of anilines is 2. The topological polar surface area (TPSA) is 73.8 Å². The first-order valence-corrected chi connectivity index (χ1v) is 10.2. The van der Waals surface area contributed by atoms with Gasteiger partial charge in [0.15, 0.2) is 11.5 Å². The summed E-state index contributed by atoms with van der Waals surface area (Å²) in [6.45, 7) is -4.31. The molecule has 0 N–H and O–H groups in total. The van der Waals surface area contributed by atoms with Crippen molar-refractivity contribution in [2.45, 2.75) is 33.1 Å². The third-order valence-corrected chi connectivity index (χ3v) is 4.50. The predicted octanol–water partition coefficient (Wildman–Crippen LogP) is 5.12. The summed E-state index contributed by atoms with van der Waals surface area (Å²) in [6.07, 6.45) is 4.55. The highest BCUT2D eigenvalue weighted by atomic mass is 19.3. The minimum Gasteiger partial charge on any atom is -0.466 e. The SMILES string of the molecule is CCOC(=O)Cc1cccc(N(Cc2cncnc2)c2ccc(OC(F)F)c(OC(F)F)c2)c1. The van der Waals surface area contributed by atoms with Gasteiger partial charge in [-0.1, -0.05) is 12.1 Å². The first kappa shape index (κ1) is 24.7. The molecule has 0 spiro atoms. The van der Waals surface area contributed by atoms with Crippen LogP contribution in [0.4, 0.5) is 28.9 Å². The molecule has 2 aromatic carbocycles. The van der Waals surface area contributed by atoms with Crippen molar-refractivity contribution in [1.82, 2.24) is 9.97 Å². The van der Waals surface area contributed by atoms with Crippen molar-refractivity contribution >= 4 is 17.3 Å². The van der Waals surface area contributed by atoms with Gasteiger partial charge in [0.2, 0.25) is 0 Å². The fraction of sp³-hybridized carbons (Fsp3) is 0.261. The molecule has 3 rings (SSSR count). The Labute approximate surface area is 192 Å². The molecule has 7 nitrogen and oxygen atoms in total. The number of nitrogens with zero attached hydrogens (tertiary/aromatic N) is 3.